The standard InChI is InChI=1S/C20H27FN4O4S/c1-23-17(8-12-28-18-6-4-16(21)5-7-18)14-19(22-23)20-15-25(11-13-29-20)30(26,27)24-9-2-3-10-24/h4-7,14,20H,2-3,8-13,15H2,1H3. The number of rotatable bonds is 7. The topological polar surface area (TPSA) is 76.9 Å². The van der Waals surface area contributed by atoms with Crippen LogP contribution in [0.5, 0.6) is 5.75 Å². The number of nitrogens with zero attached hydrogens (tertiary/aromatic N) is 4. The Labute approximate surface area is 176 Å². The Morgan fingerprint density at radius 1 is 1.17 bits per heavy atom. The van der Waals surface area contributed by atoms with Gasteiger partial charge in [0, 0.05) is 45.3 Å². The molecule has 1 aromatic heterocycles. The minimum atomic E-state index is -3.45. The summed E-state index contributed by atoms with van der Waals surface area (Å²) in [5.74, 6) is 0.309. The summed E-state index contributed by atoms with van der Waals surface area (Å²) in [6.45, 7) is 2.57. The van der Waals surface area contributed by atoms with Gasteiger partial charge in [-0.3, -0.25) is 4.68 Å². The summed E-state index contributed by atoms with van der Waals surface area (Å²) in [6, 6.07) is 7.84. The molecule has 1 atom stereocenters. The molecule has 0 N–H and O–H groups in total. The van der Waals surface area contributed by atoms with E-state index in [1.165, 1.54) is 16.4 Å². The Morgan fingerprint density at radius 3 is 2.63 bits per heavy atom. The smallest absolute Gasteiger partial charge is 0.282 e. The van der Waals surface area contributed by atoms with E-state index in [2.05, 4.69) is 5.10 Å². The Balaban J connectivity index is 1.37. The maximum absolute atomic E-state index is 13.0. The van der Waals surface area contributed by atoms with Gasteiger partial charge in [-0.05, 0) is 43.2 Å². The lowest BCUT2D eigenvalue weighted by Crippen LogP contribution is -2.48. The molecule has 1 unspecified atom stereocenters. The van der Waals surface area contributed by atoms with Crippen molar-refractivity contribution in [2.24, 2.45) is 7.05 Å². The van der Waals surface area contributed by atoms with Gasteiger partial charge in [0.1, 0.15) is 17.7 Å². The summed E-state index contributed by atoms with van der Waals surface area (Å²) < 4.78 is 55.0. The van der Waals surface area contributed by atoms with Gasteiger partial charge < -0.3 is 9.47 Å². The van der Waals surface area contributed by atoms with Crippen LogP contribution in [0, 0.1) is 5.82 Å². The number of morpholine rings is 1. The van der Waals surface area contributed by atoms with Gasteiger partial charge in [0.15, 0.2) is 0 Å². The fourth-order valence-electron chi connectivity index (χ4n) is 3.82. The number of hydrogen-bond acceptors (Lipinski definition) is 5. The molecule has 10 heteroatoms. The molecule has 0 amide bonds. The zero-order chi connectivity index (χ0) is 21.1. The van der Waals surface area contributed by atoms with Gasteiger partial charge in [-0.1, -0.05) is 0 Å². The highest BCUT2D eigenvalue weighted by atomic mass is 32.2. The second-order valence-electron chi connectivity index (χ2n) is 7.57. The molecule has 164 valence electrons. The van der Waals surface area contributed by atoms with Gasteiger partial charge in [-0.15, -0.1) is 0 Å². The molecule has 2 aliphatic rings. The zero-order valence-electron chi connectivity index (χ0n) is 17.0. The van der Waals surface area contributed by atoms with E-state index in [0.29, 0.717) is 45.0 Å². The van der Waals surface area contributed by atoms with Crippen LogP contribution in [-0.4, -0.2) is 66.2 Å². The number of halogens is 1. The van der Waals surface area contributed by atoms with E-state index < -0.39 is 16.3 Å². The Morgan fingerprint density at radius 2 is 1.90 bits per heavy atom. The molecule has 0 saturated carbocycles. The van der Waals surface area contributed by atoms with Crippen molar-refractivity contribution < 1.29 is 22.3 Å². The third-order valence-electron chi connectivity index (χ3n) is 5.51. The third kappa shape index (κ3) is 4.66. The summed E-state index contributed by atoms with van der Waals surface area (Å²) in [5, 5.41) is 4.54. The Bertz CT molecular complexity index is 958. The lowest BCUT2D eigenvalue weighted by Gasteiger charge is -2.33. The van der Waals surface area contributed by atoms with Gasteiger partial charge in [0.05, 0.1) is 18.9 Å². The summed E-state index contributed by atoms with van der Waals surface area (Å²) in [5.41, 5.74) is 1.67. The number of ether oxygens (including phenoxy) is 2. The van der Waals surface area contributed by atoms with E-state index in [0.717, 1.165) is 24.2 Å². The molecule has 0 radical (unpaired) electrons. The van der Waals surface area contributed by atoms with Gasteiger partial charge >= 0.3 is 0 Å². The largest absolute Gasteiger partial charge is 0.493 e. The lowest BCUT2D eigenvalue weighted by molar-refractivity contribution is -0.00672. The molecule has 2 aliphatic heterocycles. The van der Waals surface area contributed by atoms with Crippen molar-refractivity contribution in [3.05, 3.63) is 47.5 Å². The molecular formula is C20H27FN4O4S. The molecule has 0 bridgehead atoms. The molecule has 2 saturated heterocycles. The van der Waals surface area contributed by atoms with E-state index in [9.17, 15) is 12.8 Å². The summed E-state index contributed by atoms with van der Waals surface area (Å²) >= 11 is 0. The van der Waals surface area contributed by atoms with Crippen molar-refractivity contribution in [2.75, 3.05) is 39.4 Å². The second kappa shape index (κ2) is 9.01. The first-order valence-corrected chi connectivity index (χ1v) is 11.6. The summed E-state index contributed by atoms with van der Waals surface area (Å²) in [7, 11) is -1.60. The van der Waals surface area contributed by atoms with Crippen LogP contribution in [0.4, 0.5) is 4.39 Å². The van der Waals surface area contributed by atoms with Crippen molar-refractivity contribution in [1.82, 2.24) is 18.4 Å². The molecule has 0 aliphatic carbocycles. The zero-order valence-corrected chi connectivity index (χ0v) is 17.9. The highest BCUT2D eigenvalue weighted by Crippen LogP contribution is 2.26. The molecule has 8 nitrogen and oxygen atoms in total. The first kappa shape index (κ1) is 21.2. The molecule has 30 heavy (non-hydrogen) atoms. The van der Waals surface area contributed by atoms with Crippen LogP contribution >= 0.6 is 0 Å². The second-order valence-corrected chi connectivity index (χ2v) is 9.50. The van der Waals surface area contributed by atoms with Crippen molar-refractivity contribution in [3.63, 3.8) is 0 Å². The predicted molar refractivity (Wildman–Crippen MR) is 109 cm³/mol. The third-order valence-corrected chi connectivity index (χ3v) is 7.51. The van der Waals surface area contributed by atoms with Crippen LogP contribution in [0.3, 0.4) is 0 Å². The van der Waals surface area contributed by atoms with Crippen molar-refractivity contribution in [2.45, 2.75) is 25.4 Å². The molecular weight excluding hydrogens is 411 g/mol. The summed E-state index contributed by atoms with van der Waals surface area (Å²) in [6.07, 6.45) is 2.05. The SMILES string of the molecule is Cn1nc(C2CN(S(=O)(=O)N3CCCC3)CCO2)cc1CCOc1ccc(F)cc1. The normalized spacial score (nSPS) is 21.2. The van der Waals surface area contributed by atoms with E-state index in [1.807, 2.05) is 13.1 Å². The van der Waals surface area contributed by atoms with Gasteiger partial charge in [-0.2, -0.15) is 22.1 Å². The van der Waals surface area contributed by atoms with Crippen LogP contribution in [0.1, 0.15) is 30.3 Å². The predicted octanol–water partition coefficient (Wildman–Crippen LogP) is 1.89. The highest BCUT2D eigenvalue weighted by molar-refractivity contribution is 7.86. The van der Waals surface area contributed by atoms with Gasteiger partial charge in [0.25, 0.3) is 10.2 Å². The molecule has 1 aromatic carbocycles. The molecule has 4 rings (SSSR count). The fraction of sp³-hybridized carbons (Fsp3) is 0.550. The summed E-state index contributed by atoms with van der Waals surface area (Å²) in [4.78, 5) is 0. The minimum absolute atomic E-state index is 0.265. The molecule has 3 heterocycles. The first-order chi connectivity index (χ1) is 14.4. The van der Waals surface area contributed by atoms with E-state index in [-0.39, 0.29) is 12.4 Å². The molecule has 2 fully saturated rings. The van der Waals surface area contributed by atoms with Crippen molar-refractivity contribution in [1.29, 1.82) is 0 Å². The molecule has 0 spiro atoms. The maximum Gasteiger partial charge on any atom is 0.282 e. The van der Waals surface area contributed by atoms with Crippen LogP contribution in [0.25, 0.3) is 0 Å². The van der Waals surface area contributed by atoms with Gasteiger partial charge in [0.2, 0.25) is 0 Å². The van der Waals surface area contributed by atoms with Crippen molar-refractivity contribution in [3.8, 4) is 5.75 Å². The average molecular weight is 439 g/mol. The maximum atomic E-state index is 13.0. The van der Waals surface area contributed by atoms with Crippen LogP contribution in [0.15, 0.2) is 30.3 Å². The van der Waals surface area contributed by atoms with E-state index in [4.69, 9.17) is 9.47 Å². The number of aryl methyl sites for hydroxylation is 1. The monoisotopic (exact) mass is 438 g/mol. The average Bonchev–Trinajstić information content (AvgIpc) is 3.41. The van der Waals surface area contributed by atoms with E-state index in [1.54, 1.807) is 21.1 Å². The van der Waals surface area contributed by atoms with E-state index >= 15 is 0 Å². The molecule has 2 aromatic rings. The highest BCUT2D eigenvalue weighted by Gasteiger charge is 2.36. The number of hydrogen-bond donors (Lipinski definition) is 0. The first-order valence-electron chi connectivity index (χ1n) is 10.2. The fourth-order valence-corrected chi connectivity index (χ4v) is 5.50. The van der Waals surface area contributed by atoms with Crippen molar-refractivity contribution >= 4 is 10.2 Å². The lowest BCUT2D eigenvalue weighted by atomic mass is 10.2. The number of aromatic nitrogens is 2. The van der Waals surface area contributed by atoms with Crippen LogP contribution in [0.2, 0.25) is 0 Å². The minimum Gasteiger partial charge on any atom is -0.493 e. The van der Waals surface area contributed by atoms with Crippen LogP contribution < -0.4 is 4.74 Å². The Hall–Kier alpha value is -2.01. The number of benzene rings is 1. The quantitative estimate of drug-likeness (QED) is 0.660. The Kier molecular flexibility index (Phi) is 6.37. The van der Waals surface area contributed by atoms with Crippen LogP contribution in [-0.2, 0) is 28.4 Å². The van der Waals surface area contributed by atoms with Gasteiger partial charge in [-0.25, -0.2) is 4.39 Å².